The van der Waals surface area contributed by atoms with Crippen molar-refractivity contribution in [3.63, 3.8) is 0 Å². The molecule has 3 unspecified atom stereocenters. The lowest BCUT2D eigenvalue weighted by Gasteiger charge is -2.29. The lowest BCUT2D eigenvalue weighted by atomic mass is 9.81. The van der Waals surface area contributed by atoms with Crippen LogP contribution in [0.4, 0.5) is 0 Å². The number of hydrogen-bond acceptors (Lipinski definition) is 4. The third-order valence-corrected chi connectivity index (χ3v) is 5.49. The van der Waals surface area contributed by atoms with Gasteiger partial charge in [-0.25, -0.2) is 0 Å². The molecular weight excluding hydrogens is 294 g/mol. The van der Waals surface area contributed by atoms with E-state index in [9.17, 15) is 14.4 Å². The summed E-state index contributed by atoms with van der Waals surface area (Å²) in [7, 11) is 0. The van der Waals surface area contributed by atoms with Gasteiger partial charge in [0.2, 0.25) is 17.7 Å². The maximum absolute atomic E-state index is 12.7. The first-order valence-corrected chi connectivity index (χ1v) is 8.99. The number of nitrogens with zero attached hydrogens (tertiary/aromatic N) is 2. The molecule has 6 nitrogen and oxygen atoms in total. The van der Waals surface area contributed by atoms with Crippen LogP contribution >= 0.6 is 0 Å². The van der Waals surface area contributed by atoms with E-state index in [-0.39, 0.29) is 42.1 Å². The lowest BCUT2D eigenvalue weighted by molar-refractivity contribution is -0.147. The molecule has 1 aliphatic carbocycles. The van der Waals surface area contributed by atoms with Gasteiger partial charge in [0.1, 0.15) is 6.54 Å². The average Bonchev–Trinajstić information content (AvgIpc) is 3.16. The van der Waals surface area contributed by atoms with Crippen molar-refractivity contribution in [3.8, 4) is 0 Å². The third kappa shape index (κ3) is 3.13. The maximum atomic E-state index is 12.7. The van der Waals surface area contributed by atoms with Crippen LogP contribution in [0, 0.1) is 11.8 Å². The molecule has 0 radical (unpaired) electrons. The van der Waals surface area contributed by atoms with Crippen LogP contribution in [0.15, 0.2) is 0 Å². The van der Waals surface area contributed by atoms with Crippen molar-refractivity contribution in [3.05, 3.63) is 0 Å². The van der Waals surface area contributed by atoms with E-state index in [1.54, 1.807) is 0 Å². The number of rotatable bonds is 5. The van der Waals surface area contributed by atoms with Gasteiger partial charge in [-0.05, 0) is 32.2 Å². The summed E-state index contributed by atoms with van der Waals surface area (Å²) in [5, 5.41) is 3.28. The fourth-order valence-electron chi connectivity index (χ4n) is 4.27. The van der Waals surface area contributed by atoms with Crippen molar-refractivity contribution in [2.45, 2.75) is 51.5 Å². The van der Waals surface area contributed by atoms with Crippen LogP contribution in [0.1, 0.15) is 45.4 Å². The van der Waals surface area contributed by atoms with Crippen molar-refractivity contribution in [1.82, 2.24) is 15.1 Å². The summed E-state index contributed by atoms with van der Waals surface area (Å²) in [6.45, 7) is 4.39. The topological polar surface area (TPSA) is 69.7 Å². The smallest absolute Gasteiger partial charge is 0.243 e. The van der Waals surface area contributed by atoms with E-state index in [4.69, 9.17) is 0 Å². The third-order valence-electron chi connectivity index (χ3n) is 5.49. The van der Waals surface area contributed by atoms with Gasteiger partial charge in [-0.2, -0.15) is 0 Å². The van der Waals surface area contributed by atoms with Gasteiger partial charge in [-0.15, -0.1) is 0 Å². The summed E-state index contributed by atoms with van der Waals surface area (Å²) in [4.78, 5) is 40.9. The fraction of sp³-hybridized carbons (Fsp3) is 0.824. The molecule has 1 N–H and O–H groups in total. The van der Waals surface area contributed by atoms with Crippen LogP contribution in [-0.2, 0) is 14.4 Å². The van der Waals surface area contributed by atoms with Crippen LogP contribution in [0.25, 0.3) is 0 Å². The van der Waals surface area contributed by atoms with Crippen molar-refractivity contribution < 1.29 is 14.4 Å². The highest BCUT2D eigenvalue weighted by molar-refractivity contribution is 6.07. The number of imide groups is 1. The highest BCUT2D eigenvalue weighted by Gasteiger charge is 2.48. The molecule has 2 aliphatic heterocycles. The number of amides is 3. The number of fused-ring (bicyclic) bond motifs is 1. The Morgan fingerprint density at radius 2 is 1.83 bits per heavy atom. The molecule has 0 bridgehead atoms. The van der Waals surface area contributed by atoms with Crippen LogP contribution in [0.2, 0.25) is 0 Å². The van der Waals surface area contributed by atoms with E-state index in [1.807, 2.05) is 11.8 Å². The summed E-state index contributed by atoms with van der Waals surface area (Å²) in [5.41, 5.74) is 0. The SMILES string of the molecule is CCCN(C(=O)CN1C(=O)C2CCCCC2C1=O)C1CCNC1. The standard InChI is InChI=1S/C17H27N3O3/c1-2-9-19(12-7-8-18-10-12)15(21)11-20-16(22)13-5-3-4-6-14(13)17(20)23/h12-14,18H,2-11H2,1H3. The largest absolute Gasteiger partial charge is 0.337 e. The molecule has 1 saturated carbocycles. The Labute approximate surface area is 137 Å². The Kier molecular flexibility index (Phi) is 4.99. The van der Waals surface area contributed by atoms with Crippen LogP contribution in [0.3, 0.4) is 0 Å². The van der Waals surface area contributed by atoms with Gasteiger partial charge in [0.25, 0.3) is 0 Å². The second kappa shape index (κ2) is 6.99. The number of carbonyl (C=O) groups excluding carboxylic acids is 3. The number of hydrogen-bond donors (Lipinski definition) is 1. The highest BCUT2D eigenvalue weighted by Crippen LogP contribution is 2.37. The number of likely N-dealkylation sites (tertiary alicyclic amines) is 1. The van der Waals surface area contributed by atoms with Gasteiger partial charge in [-0.1, -0.05) is 19.8 Å². The Morgan fingerprint density at radius 1 is 1.17 bits per heavy atom. The predicted molar refractivity (Wildman–Crippen MR) is 85.4 cm³/mol. The minimum atomic E-state index is -0.170. The van der Waals surface area contributed by atoms with Gasteiger partial charge in [0, 0.05) is 19.1 Å². The molecule has 23 heavy (non-hydrogen) atoms. The van der Waals surface area contributed by atoms with Gasteiger partial charge < -0.3 is 10.2 Å². The molecule has 0 aromatic carbocycles. The van der Waals surface area contributed by atoms with E-state index < -0.39 is 0 Å². The van der Waals surface area contributed by atoms with E-state index >= 15 is 0 Å². The normalized spacial score (nSPS) is 30.7. The summed E-state index contributed by atoms with van der Waals surface area (Å²) in [5.74, 6) is -0.655. The average molecular weight is 321 g/mol. The van der Waals surface area contributed by atoms with Gasteiger partial charge in [0.05, 0.1) is 11.8 Å². The zero-order valence-electron chi connectivity index (χ0n) is 13.9. The molecule has 3 atom stereocenters. The van der Waals surface area contributed by atoms with Gasteiger partial charge >= 0.3 is 0 Å². The van der Waals surface area contributed by atoms with Crippen molar-refractivity contribution in [1.29, 1.82) is 0 Å². The molecule has 3 rings (SSSR count). The lowest BCUT2D eigenvalue weighted by Crippen LogP contribution is -2.48. The Balaban J connectivity index is 1.68. The van der Waals surface area contributed by atoms with E-state index in [2.05, 4.69) is 5.32 Å². The minimum absolute atomic E-state index is 0.0683. The maximum Gasteiger partial charge on any atom is 0.243 e. The Morgan fingerprint density at radius 3 is 2.35 bits per heavy atom. The van der Waals surface area contributed by atoms with E-state index in [0.717, 1.165) is 51.6 Å². The summed E-state index contributed by atoms with van der Waals surface area (Å²) in [6, 6.07) is 0.192. The van der Waals surface area contributed by atoms with Crippen LogP contribution in [-0.4, -0.2) is 59.7 Å². The first kappa shape index (κ1) is 16.4. The Bertz CT molecular complexity index is 463. The summed E-state index contributed by atoms with van der Waals surface area (Å²) in [6.07, 6.45) is 5.44. The molecule has 0 spiro atoms. The predicted octanol–water partition coefficient (Wildman–Crippen LogP) is 0.762. The molecule has 2 heterocycles. The Hall–Kier alpha value is -1.43. The molecular formula is C17H27N3O3. The van der Waals surface area contributed by atoms with Crippen molar-refractivity contribution in [2.24, 2.45) is 11.8 Å². The first-order chi connectivity index (χ1) is 11.1. The van der Waals surface area contributed by atoms with Crippen LogP contribution < -0.4 is 5.32 Å². The highest BCUT2D eigenvalue weighted by atomic mass is 16.2. The molecule has 0 aromatic rings. The molecule has 0 aromatic heterocycles. The summed E-state index contributed by atoms with van der Waals surface area (Å²) >= 11 is 0. The number of nitrogens with one attached hydrogen (secondary N) is 1. The van der Waals surface area contributed by atoms with Crippen LogP contribution in [0.5, 0.6) is 0 Å². The van der Waals surface area contributed by atoms with Crippen molar-refractivity contribution >= 4 is 17.7 Å². The second-order valence-electron chi connectivity index (χ2n) is 6.99. The molecule has 3 amide bonds. The fourth-order valence-corrected chi connectivity index (χ4v) is 4.27. The molecule has 2 saturated heterocycles. The molecule has 3 aliphatic rings. The van der Waals surface area contributed by atoms with Gasteiger partial charge in [-0.3, -0.25) is 19.3 Å². The molecule has 3 fully saturated rings. The monoisotopic (exact) mass is 321 g/mol. The molecule has 6 heteroatoms. The molecule has 128 valence electrons. The quantitative estimate of drug-likeness (QED) is 0.759. The second-order valence-corrected chi connectivity index (χ2v) is 6.99. The summed E-state index contributed by atoms with van der Waals surface area (Å²) < 4.78 is 0. The minimum Gasteiger partial charge on any atom is -0.337 e. The van der Waals surface area contributed by atoms with E-state index in [1.165, 1.54) is 4.90 Å². The zero-order valence-corrected chi connectivity index (χ0v) is 13.9. The zero-order chi connectivity index (χ0) is 16.4. The van der Waals surface area contributed by atoms with Crippen molar-refractivity contribution in [2.75, 3.05) is 26.2 Å². The first-order valence-electron chi connectivity index (χ1n) is 8.99. The number of carbonyl (C=O) groups is 3. The van der Waals surface area contributed by atoms with E-state index in [0.29, 0.717) is 6.54 Å². The van der Waals surface area contributed by atoms with Gasteiger partial charge in [0.15, 0.2) is 0 Å².